The minimum atomic E-state index is -0.546. The SMILES string of the molecule is Cc1cc(C(NN)c2ccc(Br)c(Cl)c2F)c(C)nn1. The van der Waals surface area contributed by atoms with Crippen molar-refractivity contribution in [2.45, 2.75) is 19.9 Å². The Bertz CT molecular complexity index is 651. The maximum absolute atomic E-state index is 14.3. The first-order valence-corrected chi connectivity index (χ1v) is 7.03. The van der Waals surface area contributed by atoms with Crippen molar-refractivity contribution in [1.82, 2.24) is 15.6 Å². The molecule has 2 rings (SSSR count). The molecule has 1 aromatic carbocycles. The van der Waals surface area contributed by atoms with Crippen molar-refractivity contribution in [3.05, 3.63) is 56.0 Å². The lowest BCUT2D eigenvalue weighted by molar-refractivity contribution is 0.556. The Morgan fingerprint density at radius 2 is 2.00 bits per heavy atom. The molecule has 106 valence electrons. The summed E-state index contributed by atoms with van der Waals surface area (Å²) in [5.41, 5.74) is 5.14. The number of nitrogens with zero attached hydrogens (tertiary/aromatic N) is 2. The number of nitrogens with two attached hydrogens (primary N) is 1. The summed E-state index contributed by atoms with van der Waals surface area (Å²) < 4.78 is 14.8. The topological polar surface area (TPSA) is 63.8 Å². The first kappa shape index (κ1) is 15.3. The Balaban J connectivity index is 2.58. The maximum atomic E-state index is 14.3. The molecule has 0 fully saturated rings. The van der Waals surface area contributed by atoms with Crippen molar-refractivity contribution >= 4 is 27.5 Å². The highest BCUT2D eigenvalue weighted by molar-refractivity contribution is 9.10. The van der Waals surface area contributed by atoms with E-state index in [1.54, 1.807) is 19.1 Å². The van der Waals surface area contributed by atoms with Gasteiger partial charge in [0.2, 0.25) is 0 Å². The number of hydrogen-bond acceptors (Lipinski definition) is 4. The fourth-order valence-corrected chi connectivity index (χ4v) is 2.45. The monoisotopic (exact) mass is 358 g/mol. The number of nitrogens with one attached hydrogen (secondary N) is 1. The van der Waals surface area contributed by atoms with Gasteiger partial charge < -0.3 is 0 Å². The molecule has 0 saturated heterocycles. The first-order chi connectivity index (χ1) is 9.45. The third-order valence-electron chi connectivity index (χ3n) is 2.99. The lowest BCUT2D eigenvalue weighted by atomic mass is 9.97. The number of rotatable bonds is 3. The van der Waals surface area contributed by atoms with Gasteiger partial charge in [-0.2, -0.15) is 10.2 Å². The fraction of sp³-hybridized carbons (Fsp3) is 0.231. The van der Waals surface area contributed by atoms with Crippen LogP contribution in [0.1, 0.15) is 28.6 Å². The van der Waals surface area contributed by atoms with Crippen LogP contribution in [0.15, 0.2) is 22.7 Å². The molecule has 1 unspecified atom stereocenters. The summed E-state index contributed by atoms with van der Waals surface area (Å²) in [7, 11) is 0. The molecule has 2 aromatic rings. The van der Waals surface area contributed by atoms with Crippen LogP contribution in [0.4, 0.5) is 4.39 Å². The highest BCUT2D eigenvalue weighted by Gasteiger charge is 2.22. The molecule has 1 heterocycles. The number of halogens is 3. The van der Waals surface area contributed by atoms with Crippen molar-refractivity contribution < 1.29 is 4.39 Å². The van der Waals surface area contributed by atoms with Crippen molar-refractivity contribution in [3.63, 3.8) is 0 Å². The van der Waals surface area contributed by atoms with Crippen molar-refractivity contribution in [2.24, 2.45) is 5.84 Å². The van der Waals surface area contributed by atoms with Gasteiger partial charge in [-0.3, -0.25) is 5.84 Å². The zero-order valence-electron chi connectivity index (χ0n) is 10.9. The third-order valence-corrected chi connectivity index (χ3v) is 4.25. The van der Waals surface area contributed by atoms with Crippen LogP contribution in [0, 0.1) is 19.7 Å². The summed E-state index contributed by atoms with van der Waals surface area (Å²) >= 11 is 9.11. The van der Waals surface area contributed by atoms with Gasteiger partial charge in [0.1, 0.15) is 5.82 Å². The second-order valence-electron chi connectivity index (χ2n) is 4.39. The van der Waals surface area contributed by atoms with Gasteiger partial charge in [0.15, 0.2) is 0 Å². The van der Waals surface area contributed by atoms with E-state index in [9.17, 15) is 4.39 Å². The van der Waals surface area contributed by atoms with Gasteiger partial charge in [-0.25, -0.2) is 9.82 Å². The van der Waals surface area contributed by atoms with E-state index in [2.05, 4.69) is 31.6 Å². The number of aromatic nitrogens is 2. The largest absolute Gasteiger partial charge is 0.271 e. The minimum Gasteiger partial charge on any atom is -0.271 e. The smallest absolute Gasteiger partial charge is 0.148 e. The minimum absolute atomic E-state index is 0.0270. The molecular weight excluding hydrogens is 347 g/mol. The van der Waals surface area contributed by atoms with E-state index >= 15 is 0 Å². The van der Waals surface area contributed by atoms with Crippen LogP contribution in [-0.2, 0) is 0 Å². The quantitative estimate of drug-likeness (QED) is 0.502. The summed E-state index contributed by atoms with van der Waals surface area (Å²) in [6, 6.07) is 4.59. The van der Waals surface area contributed by atoms with Crippen LogP contribution in [0.3, 0.4) is 0 Å². The third kappa shape index (κ3) is 2.83. The molecule has 0 aliphatic carbocycles. The van der Waals surface area contributed by atoms with E-state index in [1.165, 1.54) is 0 Å². The van der Waals surface area contributed by atoms with Crippen molar-refractivity contribution in [1.29, 1.82) is 0 Å². The van der Waals surface area contributed by atoms with E-state index in [0.29, 0.717) is 15.7 Å². The molecule has 4 nitrogen and oxygen atoms in total. The zero-order chi connectivity index (χ0) is 14.9. The predicted molar refractivity (Wildman–Crippen MR) is 79.8 cm³/mol. The Kier molecular flexibility index (Phi) is 4.70. The highest BCUT2D eigenvalue weighted by atomic mass is 79.9. The van der Waals surface area contributed by atoms with Gasteiger partial charge in [-0.05, 0) is 47.5 Å². The average Bonchev–Trinajstić information content (AvgIpc) is 2.43. The molecule has 0 spiro atoms. The Morgan fingerprint density at radius 3 is 2.65 bits per heavy atom. The molecule has 20 heavy (non-hydrogen) atoms. The Labute approximate surface area is 129 Å². The molecule has 0 saturated carbocycles. The molecular formula is C13H13BrClFN4. The second kappa shape index (κ2) is 6.13. The van der Waals surface area contributed by atoms with E-state index in [4.69, 9.17) is 17.4 Å². The first-order valence-electron chi connectivity index (χ1n) is 5.86. The molecule has 3 N–H and O–H groups in total. The van der Waals surface area contributed by atoms with Crippen LogP contribution >= 0.6 is 27.5 Å². The standard InChI is InChI=1S/C13H13BrClFN4/c1-6-5-9(7(2)20-19-6)13(18-17)8-3-4-10(14)11(15)12(8)16/h3-5,13,18H,17H2,1-2H3. The van der Waals surface area contributed by atoms with E-state index < -0.39 is 11.9 Å². The molecule has 0 aliphatic rings. The molecule has 1 aromatic heterocycles. The van der Waals surface area contributed by atoms with Gasteiger partial charge in [0.05, 0.1) is 22.5 Å². The summed E-state index contributed by atoms with van der Waals surface area (Å²) in [5.74, 6) is 5.08. The lowest BCUT2D eigenvalue weighted by Gasteiger charge is -2.20. The number of aryl methyl sites for hydroxylation is 2. The summed E-state index contributed by atoms with van der Waals surface area (Å²) in [6.45, 7) is 3.61. The molecule has 0 amide bonds. The molecule has 7 heteroatoms. The summed E-state index contributed by atoms with van der Waals surface area (Å²) in [6.07, 6.45) is 0. The second-order valence-corrected chi connectivity index (χ2v) is 5.62. The van der Waals surface area contributed by atoms with E-state index in [1.807, 2.05) is 13.0 Å². The van der Waals surface area contributed by atoms with Crippen LogP contribution in [0.5, 0.6) is 0 Å². The maximum Gasteiger partial charge on any atom is 0.148 e. The van der Waals surface area contributed by atoms with Crippen molar-refractivity contribution in [2.75, 3.05) is 0 Å². The zero-order valence-corrected chi connectivity index (χ0v) is 13.3. The lowest BCUT2D eigenvalue weighted by Crippen LogP contribution is -2.30. The molecule has 0 radical (unpaired) electrons. The van der Waals surface area contributed by atoms with Gasteiger partial charge in [-0.15, -0.1) is 0 Å². The Hall–Kier alpha value is -1.08. The van der Waals surface area contributed by atoms with Crippen LogP contribution in [0.25, 0.3) is 0 Å². The number of hydrogen-bond donors (Lipinski definition) is 2. The highest BCUT2D eigenvalue weighted by Crippen LogP contribution is 2.33. The molecule has 1 atom stereocenters. The predicted octanol–water partition coefficient (Wildman–Crippen LogP) is 3.20. The summed E-state index contributed by atoms with van der Waals surface area (Å²) in [5, 5.41) is 8.02. The van der Waals surface area contributed by atoms with E-state index in [-0.39, 0.29) is 5.02 Å². The Morgan fingerprint density at radius 1 is 1.30 bits per heavy atom. The van der Waals surface area contributed by atoms with Crippen LogP contribution in [-0.4, -0.2) is 10.2 Å². The van der Waals surface area contributed by atoms with Gasteiger partial charge in [0.25, 0.3) is 0 Å². The average molecular weight is 360 g/mol. The normalized spacial score (nSPS) is 12.5. The van der Waals surface area contributed by atoms with Crippen LogP contribution in [0.2, 0.25) is 5.02 Å². The van der Waals surface area contributed by atoms with Crippen molar-refractivity contribution in [3.8, 4) is 0 Å². The number of hydrazine groups is 1. The van der Waals surface area contributed by atoms with Gasteiger partial charge in [0, 0.05) is 10.0 Å². The van der Waals surface area contributed by atoms with Crippen LogP contribution < -0.4 is 11.3 Å². The van der Waals surface area contributed by atoms with Gasteiger partial charge >= 0.3 is 0 Å². The van der Waals surface area contributed by atoms with E-state index in [0.717, 1.165) is 11.3 Å². The summed E-state index contributed by atoms with van der Waals surface area (Å²) in [4.78, 5) is 0. The fourth-order valence-electron chi connectivity index (χ4n) is 1.97. The molecule has 0 bridgehead atoms. The molecule has 0 aliphatic heterocycles. The number of benzene rings is 1. The van der Waals surface area contributed by atoms with Gasteiger partial charge in [-0.1, -0.05) is 17.7 Å².